The average Bonchev–Trinajstić information content (AvgIpc) is 1.25. The molecule has 0 aromatic heterocycles. The molecule has 3 heteroatoms. The zero-order chi connectivity index (χ0) is 7.00. The number of nitrogens with two attached hydrogens (primary N) is 1. The van der Waals surface area contributed by atoms with Crippen LogP contribution < -0.4 is 5.50 Å². The topological polar surface area (TPSA) is 26.0 Å². The van der Waals surface area contributed by atoms with E-state index in [0.717, 1.165) is 0 Å². The van der Waals surface area contributed by atoms with E-state index in [4.69, 9.17) is 13.1 Å². The summed E-state index contributed by atoms with van der Waals surface area (Å²) in [6.45, 7) is 8.15. The van der Waals surface area contributed by atoms with Crippen LogP contribution in [0.3, 0.4) is 0 Å². The first-order chi connectivity index (χ1) is 3.25. The normalized spacial score (nSPS) is 20.1. The van der Waals surface area contributed by atoms with Gasteiger partial charge in [0.05, 0.1) is 5.16 Å². The lowest BCUT2D eigenvalue weighted by Gasteiger charge is -2.27. The minimum atomic E-state index is -1.60. The largest absolute Gasteiger partial charge is 0.385 e. The third kappa shape index (κ3) is 2.15. The van der Waals surface area contributed by atoms with Gasteiger partial charge >= 0.3 is 7.57 Å². The summed E-state index contributed by atoms with van der Waals surface area (Å²) in [5, 5.41) is 0.104. The molecule has 0 bridgehead atoms. The molecule has 0 aromatic carbocycles. The Morgan fingerprint density at radius 1 is 1.38 bits per heavy atom. The fourth-order valence-corrected chi connectivity index (χ4v) is 0. The average molecular weight is 130 g/mol. The van der Waals surface area contributed by atoms with E-state index < -0.39 is 7.29 Å². The highest BCUT2D eigenvalue weighted by Gasteiger charge is 2.35. The van der Waals surface area contributed by atoms with Crippen LogP contribution in [0.25, 0.3) is 0 Å². The summed E-state index contributed by atoms with van der Waals surface area (Å²) in [5.74, 6) is 0. The van der Waals surface area contributed by atoms with Crippen LogP contribution in [0.1, 0.15) is 20.8 Å². The SMILES string of the molecule is [B][P+](C)(N)C(C)(C)C. The van der Waals surface area contributed by atoms with Crippen molar-refractivity contribution < 1.29 is 0 Å². The van der Waals surface area contributed by atoms with Gasteiger partial charge in [0.2, 0.25) is 0 Å². The van der Waals surface area contributed by atoms with E-state index in [-0.39, 0.29) is 5.16 Å². The second-order valence-corrected chi connectivity index (χ2v) is 6.95. The van der Waals surface area contributed by atoms with Crippen LogP contribution in [0.15, 0.2) is 0 Å². The molecule has 0 aliphatic rings. The van der Waals surface area contributed by atoms with Gasteiger partial charge in [0.25, 0.3) is 0 Å². The second kappa shape index (κ2) is 2.00. The third-order valence-electron chi connectivity index (χ3n) is 1.45. The van der Waals surface area contributed by atoms with Crippen molar-refractivity contribution in [3.05, 3.63) is 0 Å². The molecular formula is C5H14BNP+. The lowest BCUT2D eigenvalue weighted by atomic mass is 10.3. The van der Waals surface area contributed by atoms with Gasteiger partial charge in [-0.2, -0.15) is 0 Å². The Labute approximate surface area is 53.8 Å². The maximum Gasteiger partial charge on any atom is 0.385 e. The first-order valence-corrected chi connectivity index (χ1v) is 5.06. The maximum atomic E-state index is 5.70. The van der Waals surface area contributed by atoms with Gasteiger partial charge in [0.1, 0.15) is 0 Å². The standard InChI is InChI=1S/C5H14BNP/c1-5(2,3)8(4,6)7/h7H2,1-4H3/q+1. The van der Waals surface area contributed by atoms with Crippen LogP contribution in [0.5, 0.6) is 0 Å². The highest BCUT2D eigenvalue weighted by Crippen LogP contribution is 2.53. The summed E-state index contributed by atoms with van der Waals surface area (Å²) in [6.07, 6.45) is 0. The highest BCUT2D eigenvalue weighted by molar-refractivity contribution is 7.96. The van der Waals surface area contributed by atoms with Gasteiger partial charge in [-0.05, 0) is 20.8 Å². The molecular weight excluding hydrogens is 116 g/mol. The van der Waals surface area contributed by atoms with E-state index in [1.165, 1.54) is 0 Å². The molecule has 0 aliphatic carbocycles. The van der Waals surface area contributed by atoms with Crippen LogP contribution in [-0.4, -0.2) is 19.4 Å². The molecule has 46 valence electrons. The fourth-order valence-electron chi connectivity index (χ4n) is 0. The minimum absolute atomic E-state index is 0.104. The Morgan fingerprint density at radius 3 is 1.50 bits per heavy atom. The summed E-state index contributed by atoms with van der Waals surface area (Å²) in [4.78, 5) is 0. The van der Waals surface area contributed by atoms with Gasteiger partial charge in [0, 0.05) is 14.0 Å². The summed E-state index contributed by atoms with van der Waals surface area (Å²) < 4.78 is 0. The molecule has 0 aromatic rings. The van der Waals surface area contributed by atoms with Gasteiger partial charge in [-0.3, -0.25) is 0 Å². The van der Waals surface area contributed by atoms with Crippen molar-refractivity contribution in [1.82, 2.24) is 0 Å². The molecule has 0 fully saturated rings. The van der Waals surface area contributed by atoms with Gasteiger partial charge in [-0.25, -0.2) is 5.50 Å². The van der Waals surface area contributed by atoms with E-state index in [9.17, 15) is 0 Å². The van der Waals surface area contributed by atoms with Crippen LogP contribution in [-0.2, 0) is 0 Å². The van der Waals surface area contributed by atoms with Crippen molar-refractivity contribution in [2.45, 2.75) is 25.9 Å². The van der Waals surface area contributed by atoms with Crippen molar-refractivity contribution in [3.63, 3.8) is 0 Å². The van der Waals surface area contributed by atoms with Crippen LogP contribution in [0.4, 0.5) is 0 Å². The summed E-state index contributed by atoms with van der Waals surface area (Å²) in [7, 11) is 4.10. The van der Waals surface area contributed by atoms with E-state index in [1.807, 2.05) is 6.66 Å². The minimum Gasteiger partial charge on any atom is -0.222 e. The summed E-state index contributed by atoms with van der Waals surface area (Å²) in [5.41, 5.74) is 5.70. The molecule has 0 amide bonds. The van der Waals surface area contributed by atoms with E-state index in [1.54, 1.807) is 0 Å². The molecule has 8 heavy (non-hydrogen) atoms. The van der Waals surface area contributed by atoms with E-state index in [2.05, 4.69) is 20.8 Å². The van der Waals surface area contributed by atoms with Gasteiger partial charge in [0.15, 0.2) is 0 Å². The monoisotopic (exact) mass is 130 g/mol. The Hall–Kier alpha value is 0.455. The lowest BCUT2D eigenvalue weighted by molar-refractivity contribution is 0.781. The number of hydrogen-bond donors (Lipinski definition) is 1. The van der Waals surface area contributed by atoms with Crippen molar-refractivity contribution in [1.29, 1.82) is 0 Å². The molecule has 1 unspecified atom stereocenters. The Kier molecular flexibility index (Phi) is 2.12. The molecule has 0 saturated heterocycles. The van der Waals surface area contributed by atoms with Gasteiger partial charge < -0.3 is 0 Å². The molecule has 1 nitrogen and oxygen atoms in total. The quantitative estimate of drug-likeness (QED) is 0.389. The highest BCUT2D eigenvalue weighted by atomic mass is 31.2. The predicted octanol–water partition coefficient (Wildman–Crippen LogP) is 1.39. The predicted molar refractivity (Wildman–Crippen MR) is 42.5 cm³/mol. The molecule has 0 rings (SSSR count). The molecule has 2 N–H and O–H groups in total. The van der Waals surface area contributed by atoms with Crippen LogP contribution in [0, 0.1) is 0 Å². The molecule has 2 radical (unpaired) electrons. The summed E-state index contributed by atoms with van der Waals surface area (Å²) >= 11 is 0. The zero-order valence-corrected chi connectivity index (χ0v) is 7.00. The lowest BCUT2D eigenvalue weighted by Crippen LogP contribution is -2.25. The van der Waals surface area contributed by atoms with E-state index in [0.29, 0.717) is 0 Å². The van der Waals surface area contributed by atoms with Crippen molar-refractivity contribution in [2.24, 2.45) is 5.50 Å². The molecule has 0 heterocycles. The Balaban J connectivity index is 4.02. The van der Waals surface area contributed by atoms with Crippen molar-refractivity contribution in [3.8, 4) is 0 Å². The molecule has 0 spiro atoms. The smallest absolute Gasteiger partial charge is 0.222 e. The zero-order valence-electron chi connectivity index (χ0n) is 6.10. The first-order valence-electron chi connectivity index (χ1n) is 2.69. The first kappa shape index (κ1) is 8.45. The molecule has 0 saturated carbocycles. The van der Waals surface area contributed by atoms with Crippen LogP contribution >= 0.6 is 7.29 Å². The Morgan fingerprint density at radius 2 is 1.50 bits per heavy atom. The molecule has 0 aliphatic heterocycles. The molecule has 1 atom stereocenters. The van der Waals surface area contributed by atoms with Gasteiger partial charge in [-0.15, -0.1) is 0 Å². The fraction of sp³-hybridized carbons (Fsp3) is 1.00. The van der Waals surface area contributed by atoms with Crippen LogP contribution in [0.2, 0.25) is 0 Å². The van der Waals surface area contributed by atoms with Gasteiger partial charge in [-0.1, -0.05) is 0 Å². The van der Waals surface area contributed by atoms with Crippen molar-refractivity contribution >= 4 is 14.9 Å². The maximum absolute atomic E-state index is 5.70. The van der Waals surface area contributed by atoms with E-state index >= 15 is 0 Å². The number of hydrogen-bond acceptors (Lipinski definition) is 1. The Bertz CT molecular complexity index is 67.4. The third-order valence-corrected chi connectivity index (χ3v) is 4.34. The number of rotatable bonds is 0. The van der Waals surface area contributed by atoms with Crippen molar-refractivity contribution in [2.75, 3.05) is 6.66 Å². The second-order valence-electron chi connectivity index (χ2n) is 3.32. The summed E-state index contributed by atoms with van der Waals surface area (Å²) in [6, 6.07) is 0.